The first-order valence-electron chi connectivity index (χ1n) is 6.17. The Bertz CT molecular complexity index is 275. The zero-order valence-electron chi connectivity index (χ0n) is 11.9. The minimum Gasteiger partial charge on any atom is -0.245 e. The molecule has 0 aromatic carbocycles. The first-order chi connectivity index (χ1) is 7.65. The molecular weight excluding hydrogens is 198 g/mol. The van der Waals surface area contributed by atoms with E-state index in [1.165, 1.54) is 0 Å². The molecule has 1 aromatic heterocycles. The lowest BCUT2D eigenvalue weighted by molar-refractivity contribution is 0.469. The van der Waals surface area contributed by atoms with Crippen LogP contribution in [0.15, 0.2) is 6.58 Å². The van der Waals surface area contributed by atoms with Crippen molar-refractivity contribution in [3.05, 3.63) is 18.0 Å². The van der Waals surface area contributed by atoms with E-state index in [2.05, 4.69) is 30.7 Å². The second-order valence-corrected chi connectivity index (χ2v) is 3.34. The molecule has 16 heavy (non-hydrogen) atoms. The normalized spacial score (nSPS) is 8.75. The van der Waals surface area contributed by atoms with Crippen LogP contribution in [0.3, 0.4) is 0 Å². The summed E-state index contributed by atoms with van der Waals surface area (Å²) < 4.78 is 1.90. The lowest BCUT2D eigenvalue weighted by Crippen LogP contribution is -2.07. The van der Waals surface area contributed by atoms with Crippen LogP contribution in [-0.2, 0) is 6.54 Å². The van der Waals surface area contributed by atoms with E-state index in [-0.39, 0.29) is 0 Å². The smallest absolute Gasteiger partial charge is 0.0869 e. The molecule has 1 rings (SSSR count). The highest BCUT2D eigenvalue weighted by molar-refractivity contribution is 5.43. The van der Waals surface area contributed by atoms with Crippen molar-refractivity contribution >= 4 is 6.08 Å². The molecule has 1 heterocycles. The van der Waals surface area contributed by atoms with Crippen LogP contribution in [-0.4, -0.2) is 15.0 Å². The largest absolute Gasteiger partial charge is 0.245 e. The van der Waals surface area contributed by atoms with E-state index in [1.54, 1.807) is 6.08 Å². The number of rotatable bonds is 3. The van der Waals surface area contributed by atoms with Gasteiger partial charge in [-0.1, -0.05) is 53.3 Å². The fraction of sp³-hybridized carbons (Fsp3) is 0.692. The van der Waals surface area contributed by atoms with Crippen molar-refractivity contribution in [1.82, 2.24) is 15.0 Å². The predicted octanol–water partition coefficient (Wildman–Crippen LogP) is 3.94. The lowest BCUT2D eigenvalue weighted by atomic mass is 10.2. The van der Waals surface area contributed by atoms with Crippen molar-refractivity contribution < 1.29 is 0 Å². The van der Waals surface area contributed by atoms with E-state index < -0.39 is 0 Å². The minimum absolute atomic E-state index is 0.588. The molecule has 0 bridgehead atoms. The molecule has 0 radical (unpaired) electrons. The van der Waals surface area contributed by atoms with Gasteiger partial charge in [-0.05, 0) is 18.9 Å². The molecule has 0 saturated carbocycles. The Morgan fingerprint density at radius 2 is 1.75 bits per heavy atom. The Hall–Kier alpha value is -1.12. The fourth-order valence-electron chi connectivity index (χ4n) is 1.14. The summed E-state index contributed by atoms with van der Waals surface area (Å²) in [6, 6.07) is 0. The van der Waals surface area contributed by atoms with Gasteiger partial charge in [0.2, 0.25) is 0 Å². The number of nitrogens with zero attached hydrogens (tertiary/aromatic N) is 3. The summed E-state index contributed by atoms with van der Waals surface area (Å²) in [6.07, 6.45) is 1.80. The van der Waals surface area contributed by atoms with Crippen molar-refractivity contribution in [2.24, 2.45) is 5.92 Å². The van der Waals surface area contributed by atoms with Gasteiger partial charge in [-0.3, -0.25) is 0 Å². The molecule has 94 valence electrons. The Morgan fingerprint density at radius 1 is 1.25 bits per heavy atom. The van der Waals surface area contributed by atoms with E-state index in [0.717, 1.165) is 17.9 Å². The fourth-order valence-corrected chi connectivity index (χ4v) is 1.14. The second kappa shape index (κ2) is 10.4. The molecule has 0 N–H and O–H groups in total. The Labute approximate surface area is 101 Å². The molecule has 0 unspecified atom stereocenters. The molecule has 0 fully saturated rings. The third-order valence-electron chi connectivity index (χ3n) is 1.68. The lowest BCUT2D eigenvalue weighted by Gasteiger charge is -2.05. The summed E-state index contributed by atoms with van der Waals surface area (Å²) in [5.74, 6) is 0.588. The molecule has 3 nitrogen and oxygen atoms in total. The van der Waals surface area contributed by atoms with Crippen LogP contribution in [0.25, 0.3) is 6.08 Å². The molecule has 0 spiro atoms. The maximum absolute atomic E-state index is 4.02. The van der Waals surface area contributed by atoms with Gasteiger partial charge in [-0.2, -0.15) is 0 Å². The van der Waals surface area contributed by atoms with E-state index in [4.69, 9.17) is 0 Å². The number of hydrogen-bond donors (Lipinski definition) is 0. The zero-order valence-corrected chi connectivity index (χ0v) is 11.9. The van der Waals surface area contributed by atoms with Crippen LogP contribution in [0.2, 0.25) is 0 Å². The summed E-state index contributed by atoms with van der Waals surface area (Å²) >= 11 is 0. The van der Waals surface area contributed by atoms with Crippen LogP contribution in [0.1, 0.15) is 52.9 Å². The standard InChI is InChI=1S/C9H15N3.2C2H6/c1-5-9-8(4)10-11-12(9)6-7(2)3;2*1-2/h5,7H,1,6H2,2-4H3;2*1-2H3. The van der Waals surface area contributed by atoms with Crippen molar-refractivity contribution in [3.63, 3.8) is 0 Å². The quantitative estimate of drug-likeness (QED) is 0.780. The number of aromatic nitrogens is 3. The minimum atomic E-state index is 0.588. The van der Waals surface area contributed by atoms with Crippen LogP contribution < -0.4 is 0 Å². The van der Waals surface area contributed by atoms with Gasteiger partial charge in [0.1, 0.15) is 0 Å². The number of hydrogen-bond acceptors (Lipinski definition) is 2. The van der Waals surface area contributed by atoms with E-state index in [0.29, 0.717) is 5.92 Å². The topological polar surface area (TPSA) is 30.7 Å². The van der Waals surface area contributed by atoms with Crippen molar-refractivity contribution in [2.75, 3.05) is 0 Å². The van der Waals surface area contributed by atoms with Gasteiger partial charge in [-0.15, -0.1) is 5.10 Å². The summed E-state index contributed by atoms with van der Waals surface area (Å²) in [6.45, 7) is 18.9. The van der Waals surface area contributed by atoms with Gasteiger partial charge in [0, 0.05) is 6.54 Å². The maximum atomic E-state index is 4.02. The molecule has 0 aliphatic rings. The molecule has 0 atom stereocenters. The molecular formula is C13H27N3. The monoisotopic (exact) mass is 225 g/mol. The predicted molar refractivity (Wildman–Crippen MR) is 72.4 cm³/mol. The van der Waals surface area contributed by atoms with Crippen LogP contribution in [0, 0.1) is 12.8 Å². The average molecular weight is 225 g/mol. The Balaban J connectivity index is 0. The highest BCUT2D eigenvalue weighted by atomic mass is 15.4. The molecule has 3 heteroatoms. The molecule has 1 aromatic rings. The van der Waals surface area contributed by atoms with E-state index in [9.17, 15) is 0 Å². The third-order valence-corrected chi connectivity index (χ3v) is 1.68. The van der Waals surface area contributed by atoms with Crippen molar-refractivity contribution in [3.8, 4) is 0 Å². The first-order valence-corrected chi connectivity index (χ1v) is 6.17. The van der Waals surface area contributed by atoms with Gasteiger partial charge in [-0.25, -0.2) is 4.68 Å². The van der Waals surface area contributed by atoms with Gasteiger partial charge < -0.3 is 0 Å². The average Bonchev–Trinajstić information content (AvgIpc) is 2.64. The highest BCUT2D eigenvalue weighted by Gasteiger charge is 2.06. The van der Waals surface area contributed by atoms with E-state index in [1.807, 2.05) is 39.3 Å². The van der Waals surface area contributed by atoms with Gasteiger partial charge in [0.05, 0.1) is 11.4 Å². The first kappa shape index (κ1) is 17.3. The van der Waals surface area contributed by atoms with Gasteiger partial charge in [0.15, 0.2) is 0 Å². The van der Waals surface area contributed by atoms with Crippen molar-refractivity contribution in [1.29, 1.82) is 0 Å². The van der Waals surface area contributed by atoms with E-state index >= 15 is 0 Å². The second-order valence-electron chi connectivity index (χ2n) is 3.34. The molecule has 0 aliphatic heterocycles. The zero-order chi connectivity index (χ0) is 13.1. The molecule has 0 saturated heterocycles. The Kier molecular flexibility index (Phi) is 11.2. The van der Waals surface area contributed by atoms with Gasteiger partial charge in [0.25, 0.3) is 0 Å². The SMILES string of the molecule is C=Cc1c(C)nnn1CC(C)C.CC.CC. The highest BCUT2D eigenvalue weighted by Crippen LogP contribution is 2.07. The summed E-state index contributed by atoms with van der Waals surface area (Å²) in [7, 11) is 0. The van der Waals surface area contributed by atoms with Crippen LogP contribution in [0.5, 0.6) is 0 Å². The summed E-state index contributed by atoms with van der Waals surface area (Å²) in [5.41, 5.74) is 1.98. The molecule has 0 aliphatic carbocycles. The summed E-state index contributed by atoms with van der Waals surface area (Å²) in [5, 5.41) is 8.00. The van der Waals surface area contributed by atoms with Crippen LogP contribution in [0.4, 0.5) is 0 Å². The molecule has 0 amide bonds. The summed E-state index contributed by atoms with van der Waals surface area (Å²) in [4.78, 5) is 0. The van der Waals surface area contributed by atoms with Gasteiger partial charge >= 0.3 is 0 Å². The Morgan fingerprint density at radius 3 is 2.12 bits per heavy atom. The van der Waals surface area contributed by atoms with Crippen LogP contribution >= 0.6 is 0 Å². The number of aryl methyl sites for hydroxylation is 1. The maximum Gasteiger partial charge on any atom is 0.0869 e. The third kappa shape index (κ3) is 5.69. The van der Waals surface area contributed by atoms with Crippen molar-refractivity contribution in [2.45, 2.75) is 55.0 Å².